The second-order valence-corrected chi connectivity index (χ2v) is 7.45. The van der Waals surface area contributed by atoms with Gasteiger partial charge in [-0.3, -0.25) is 0 Å². The minimum absolute atomic E-state index is 0.0468. The Labute approximate surface area is 158 Å². The first-order chi connectivity index (χ1) is 13.3. The van der Waals surface area contributed by atoms with Crippen LogP contribution >= 0.6 is 0 Å². The monoisotopic (exact) mass is 370 g/mol. The lowest BCUT2D eigenvalue weighted by atomic mass is 10.2. The van der Waals surface area contributed by atoms with E-state index in [0.29, 0.717) is 12.4 Å². The van der Waals surface area contributed by atoms with Crippen LogP contribution < -0.4 is 5.32 Å². The topological polar surface area (TPSA) is 96.2 Å². The van der Waals surface area contributed by atoms with E-state index in [1.54, 1.807) is 9.58 Å². The van der Waals surface area contributed by atoms with E-state index in [-0.39, 0.29) is 30.8 Å². The van der Waals surface area contributed by atoms with E-state index in [1.165, 1.54) is 0 Å². The molecule has 2 heterocycles. The highest BCUT2D eigenvalue weighted by Crippen LogP contribution is 2.35. The molecule has 1 saturated heterocycles. The minimum Gasteiger partial charge on any atom is -0.394 e. The van der Waals surface area contributed by atoms with Crippen molar-refractivity contribution >= 4 is 6.03 Å². The van der Waals surface area contributed by atoms with Gasteiger partial charge in [0.1, 0.15) is 0 Å². The zero-order valence-corrected chi connectivity index (χ0v) is 15.4. The summed E-state index contributed by atoms with van der Waals surface area (Å²) in [4.78, 5) is 14.7. The molecule has 27 heavy (non-hydrogen) atoms. The molecular formula is C19H26N6O2. The van der Waals surface area contributed by atoms with Crippen molar-refractivity contribution in [2.24, 2.45) is 0 Å². The average Bonchev–Trinajstić information content (AvgIpc) is 3.42. The van der Waals surface area contributed by atoms with Crippen LogP contribution in [0.25, 0.3) is 0 Å². The molecule has 2 amide bonds. The standard InChI is InChI=1S/C19H26N6O2/c26-13-16-10-11-17(25(16)19(27)20-15-8-4-5-9-15)18-21-22-23-24(18)12-14-6-2-1-3-7-14/h1-3,6-7,15-17,26H,4-5,8-13H2,(H,20,27)/t16-,17-/m0/s1. The van der Waals surface area contributed by atoms with Crippen molar-refractivity contribution in [2.75, 3.05) is 6.61 Å². The summed E-state index contributed by atoms with van der Waals surface area (Å²) in [6.07, 6.45) is 5.87. The van der Waals surface area contributed by atoms with Gasteiger partial charge in [-0.15, -0.1) is 5.10 Å². The third-order valence-electron chi connectivity index (χ3n) is 5.66. The minimum atomic E-state index is -0.220. The van der Waals surface area contributed by atoms with Gasteiger partial charge < -0.3 is 15.3 Å². The number of nitrogens with one attached hydrogen (secondary N) is 1. The Morgan fingerprint density at radius 3 is 2.67 bits per heavy atom. The Morgan fingerprint density at radius 2 is 1.93 bits per heavy atom. The van der Waals surface area contributed by atoms with Crippen molar-refractivity contribution in [3.8, 4) is 0 Å². The van der Waals surface area contributed by atoms with Crippen LogP contribution in [0, 0.1) is 0 Å². The molecule has 1 aromatic heterocycles. The van der Waals surface area contributed by atoms with Crippen LogP contribution in [0.15, 0.2) is 30.3 Å². The average molecular weight is 370 g/mol. The first-order valence-electron chi connectivity index (χ1n) is 9.76. The van der Waals surface area contributed by atoms with Crippen molar-refractivity contribution < 1.29 is 9.90 Å². The SMILES string of the molecule is O=C(NC1CCCC1)N1[C@H](CO)CC[C@H]1c1nnnn1Cc1ccccc1. The van der Waals surface area contributed by atoms with Crippen molar-refractivity contribution in [1.82, 2.24) is 30.4 Å². The summed E-state index contributed by atoms with van der Waals surface area (Å²) in [5.41, 5.74) is 1.10. The smallest absolute Gasteiger partial charge is 0.318 e. The number of benzene rings is 1. The summed E-state index contributed by atoms with van der Waals surface area (Å²) in [6, 6.07) is 9.71. The molecule has 0 bridgehead atoms. The van der Waals surface area contributed by atoms with Gasteiger partial charge in [0, 0.05) is 6.04 Å². The van der Waals surface area contributed by atoms with Crippen molar-refractivity contribution in [2.45, 2.75) is 63.2 Å². The molecule has 1 aliphatic carbocycles. The molecule has 0 spiro atoms. The number of amides is 2. The number of likely N-dealkylation sites (tertiary alicyclic amines) is 1. The Bertz CT molecular complexity index is 759. The molecule has 2 aromatic rings. The van der Waals surface area contributed by atoms with Crippen LogP contribution in [0.2, 0.25) is 0 Å². The predicted octanol–water partition coefficient (Wildman–Crippen LogP) is 1.87. The molecule has 2 aliphatic rings. The van der Waals surface area contributed by atoms with Gasteiger partial charge >= 0.3 is 6.03 Å². The maximum absolute atomic E-state index is 13.0. The molecule has 2 N–H and O–H groups in total. The summed E-state index contributed by atoms with van der Waals surface area (Å²) >= 11 is 0. The largest absolute Gasteiger partial charge is 0.394 e. The second-order valence-electron chi connectivity index (χ2n) is 7.45. The van der Waals surface area contributed by atoms with Gasteiger partial charge in [0.05, 0.1) is 25.2 Å². The van der Waals surface area contributed by atoms with E-state index < -0.39 is 0 Å². The lowest BCUT2D eigenvalue weighted by Crippen LogP contribution is -2.48. The van der Waals surface area contributed by atoms with Gasteiger partial charge in [0.2, 0.25) is 0 Å². The third kappa shape index (κ3) is 3.80. The summed E-state index contributed by atoms with van der Waals surface area (Å²) in [5.74, 6) is 0.677. The van der Waals surface area contributed by atoms with E-state index in [9.17, 15) is 9.90 Å². The first kappa shape index (κ1) is 17.9. The number of carbonyl (C=O) groups excluding carboxylic acids is 1. The number of hydrogen-bond donors (Lipinski definition) is 2. The zero-order valence-electron chi connectivity index (χ0n) is 15.4. The molecule has 1 aliphatic heterocycles. The lowest BCUT2D eigenvalue weighted by molar-refractivity contribution is 0.132. The van der Waals surface area contributed by atoms with E-state index >= 15 is 0 Å². The van der Waals surface area contributed by atoms with Crippen LogP contribution in [-0.4, -0.2) is 54.9 Å². The van der Waals surface area contributed by atoms with Crippen LogP contribution in [0.5, 0.6) is 0 Å². The van der Waals surface area contributed by atoms with Gasteiger partial charge in [-0.1, -0.05) is 43.2 Å². The molecule has 8 nitrogen and oxygen atoms in total. The quantitative estimate of drug-likeness (QED) is 0.838. The van der Waals surface area contributed by atoms with Crippen LogP contribution in [0.1, 0.15) is 56.0 Å². The number of hydrogen-bond acceptors (Lipinski definition) is 5. The highest BCUT2D eigenvalue weighted by molar-refractivity contribution is 5.75. The van der Waals surface area contributed by atoms with E-state index in [0.717, 1.165) is 44.1 Å². The summed E-state index contributed by atoms with van der Waals surface area (Å²) in [5, 5.41) is 25.1. The molecule has 8 heteroatoms. The summed E-state index contributed by atoms with van der Waals surface area (Å²) < 4.78 is 1.76. The number of aliphatic hydroxyl groups is 1. The molecule has 4 rings (SSSR count). The van der Waals surface area contributed by atoms with E-state index in [1.807, 2.05) is 30.3 Å². The number of rotatable bonds is 5. The van der Waals surface area contributed by atoms with Gasteiger partial charge in [-0.05, 0) is 41.7 Å². The number of aromatic nitrogens is 4. The summed E-state index contributed by atoms with van der Waals surface area (Å²) in [6.45, 7) is 0.510. The van der Waals surface area contributed by atoms with Gasteiger partial charge in [-0.2, -0.15) is 0 Å². The Hall–Kier alpha value is -2.48. The molecule has 1 saturated carbocycles. The highest BCUT2D eigenvalue weighted by Gasteiger charge is 2.41. The van der Waals surface area contributed by atoms with Crippen LogP contribution in [-0.2, 0) is 6.54 Å². The van der Waals surface area contributed by atoms with Gasteiger partial charge in [0.15, 0.2) is 5.82 Å². The Morgan fingerprint density at radius 1 is 1.15 bits per heavy atom. The number of nitrogens with zero attached hydrogens (tertiary/aromatic N) is 5. The first-order valence-corrected chi connectivity index (χ1v) is 9.76. The van der Waals surface area contributed by atoms with Gasteiger partial charge in [0.25, 0.3) is 0 Å². The van der Waals surface area contributed by atoms with Crippen LogP contribution in [0.3, 0.4) is 0 Å². The third-order valence-corrected chi connectivity index (χ3v) is 5.66. The van der Waals surface area contributed by atoms with E-state index in [2.05, 4.69) is 20.8 Å². The molecule has 0 radical (unpaired) electrons. The molecular weight excluding hydrogens is 344 g/mol. The Balaban J connectivity index is 1.54. The van der Waals surface area contributed by atoms with Gasteiger partial charge in [-0.25, -0.2) is 9.48 Å². The molecule has 2 atom stereocenters. The predicted molar refractivity (Wildman–Crippen MR) is 98.8 cm³/mol. The fraction of sp³-hybridized carbons (Fsp3) is 0.579. The number of aliphatic hydroxyl groups excluding tert-OH is 1. The molecule has 0 unspecified atom stereocenters. The lowest BCUT2D eigenvalue weighted by Gasteiger charge is -2.30. The van der Waals surface area contributed by atoms with Crippen molar-refractivity contribution in [3.05, 3.63) is 41.7 Å². The molecule has 1 aromatic carbocycles. The second kappa shape index (κ2) is 8.04. The number of tetrazole rings is 1. The van der Waals surface area contributed by atoms with Crippen molar-refractivity contribution in [1.29, 1.82) is 0 Å². The Kier molecular flexibility index (Phi) is 5.33. The molecule has 144 valence electrons. The van der Waals surface area contributed by atoms with Crippen LogP contribution in [0.4, 0.5) is 4.79 Å². The normalized spacial score (nSPS) is 23.1. The maximum atomic E-state index is 13.0. The molecule has 2 fully saturated rings. The fourth-order valence-corrected chi connectivity index (χ4v) is 4.26. The fourth-order valence-electron chi connectivity index (χ4n) is 4.26. The maximum Gasteiger partial charge on any atom is 0.318 e. The number of carbonyl (C=O) groups is 1. The van der Waals surface area contributed by atoms with Crippen molar-refractivity contribution in [3.63, 3.8) is 0 Å². The zero-order chi connectivity index (χ0) is 18.6. The van der Waals surface area contributed by atoms with E-state index in [4.69, 9.17) is 0 Å². The summed E-state index contributed by atoms with van der Waals surface area (Å²) in [7, 11) is 0. The highest BCUT2D eigenvalue weighted by atomic mass is 16.3. The number of urea groups is 1.